The van der Waals surface area contributed by atoms with Gasteiger partial charge in [-0.15, -0.1) is 11.3 Å². The van der Waals surface area contributed by atoms with E-state index in [-0.39, 0.29) is 5.75 Å². The van der Waals surface area contributed by atoms with Gasteiger partial charge in [-0.25, -0.2) is 18.0 Å². The summed E-state index contributed by atoms with van der Waals surface area (Å²) >= 11 is 1.69. The number of rotatable bonds is 5. The lowest BCUT2D eigenvalue weighted by molar-refractivity contribution is -0.525. The molecule has 5 rings (SSSR count). The van der Waals surface area contributed by atoms with Gasteiger partial charge in [0.15, 0.2) is 17.9 Å². The Bertz CT molecular complexity index is 1030. The van der Waals surface area contributed by atoms with Gasteiger partial charge in [0.05, 0.1) is 17.5 Å². The fourth-order valence-electron chi connectivity index (χ4n) is 4.73. The molecule has 2 atom stereocenters. The number of fused-ring (bicyclic) bond motifs is 3. The van der Waals surface area contributed by atoms with E-state index in [0.29, 0.717) is 31.6 Å². The Morgan fingerprint density at radius 1 is 1.24 bits per heavy atom. The molecule has 8 heteroatoms. The molecule has 1 saturated heterocycles. The van der Waals surface area contributed by atoms with Crippen LogP contribution in [0.4, 0.5) is 5.13 Å². The lowest BCUT2D eigenvalue weighted by Crippen LogP contribution is -2.48. The van der Waals surface area contributed by atoms with Crippen LogP contribution in [0.1, 0.15) is 35.9 Å². The molecule has 1 aromatic carbocycles. The van der Waals surface area contributed by atoms with E-state index in [0.717, 1.165) is 34.4 Å². The number of hydrogen-bond acceptors (Lipinski definition) is 5. The molecule has 3 aliphatic rings. The molecule has 0 aliphatic carbocycles. The first-order valence-corrected chi connectivity index (χ1v) is 12.8. The Hall–Kier alpha value is -1.77. The van der Waals surface area contributed by atoms with Gasteiger partial charge in [-0.1, -0.05) is 30.3 Å². The molecular weight excluding hydrogens is 404 g/mol. The normalized spacial score (nSPS) is 24.4. The first kappa shape index (κ1) is 19.2. The quantitative estimate of drug-likeness (QED) is 0.683. The summed E-state index contributed by atoms with van der Waals surface area (Å²) in [5.41, 5.74) is 1.93. The van der Waals surface area contributed by atoms with E-state index in [9.17, 15) is 8.42 Å². The molecule has 0 radical (unpaired) electrons. The van der Waals surface area contributed by atoms with Crippen molar-refractivity contribution in [3.63, 3.8) is 0 Å². The number of nitrogens with zero attached hydrogens (tertiary/aromatic N) is 4. The van der Waals surface area contributed by atoms with Crippen LogP contribution < -0.4 is 4.90 Å². The third kappa shape index (κ3) is 3.62. The molecule has 4 heterocycles. The van der Waals surface area contributed by atoms with Gasteiger partial charge in [0.2, 0.25) is 10.0 Å². The lowest BCUT2D eigenvalue weighted by Gasteiger charge is -2.29. The Kier molecular flexibility index (Phi) is 4.96. The predicted molar refractivity (Wildman–Crippen MR) is 116 cm³/mol. The molecule has 2 unspecified atom stereocenters. The largest absolute Gasteiger partial charge is 0.326 e. The first-order valence-electron chi connectivity index (χ1n) is 10.4. The maximum absolute atomic E-state index is 12.9. The first-order chi connectivity index (χ1) is 14.0. The van der Waals surface area contributed by atoms with Crippen molar-refractivity contribution < 1.29 is 13.0 Å². The molecule has 29 heavy (non-hydrogen) atoms. The summed E-state index contributed by atoms with van der Waals surface area (Å²) in [5, 5.41) is 1.08. The summed E-state index contributed by atoms with van der Waals surface area (Å²) in [5.74, 6) is 0.0624. The number of sulfonamides is 1. The van der Waals surface area contributed by atoms with Crippen molar-refractivity contribution in [2.45, 2.75) is 50.6 Å². The second-order valence-corrected chi connectivity index (χ2v) is 11.2. The van der Waals surface area contributed by atoms with Gasteiger partial charge in [-0.2, -0.15) is 4.31 Å². The molecular formula is C21H27N4O2S2+. The van der Waals surface area contributed by atoms with Crippen LogP contribution in [0.15, 0.2) is 30.3 Å². The smallest absolute Gasteiger partial charge is 0.218 e. The number of aromatic nitrogens is 1. The summed E-state index contributed by atoms with van der Waals surface area (Å²) in [7, 11) is -3.33. The van der Waals surface area contributed by atoms with Crippen molar-refractivity contribution in [3.05, 3.63) is 46.5 Å². The second kappa shape index (κ2) is 7.49. The topological polar surface area (TPSA) is 56.5 Å². The Morgan fingerprint density at radius 2 is 2.07 bits per heavy atom. The molecule has 2 aromatic rings. The van der Waals surface area contributed by atoms with E-state index >= 15 is 0 Å². The van der Waals surface area contributed by atoms with Crippen molar-refractivity contribution in [2.75, 3.05) is 24.5 Å². The Balaban J connectivity index is 1.35. The number of hydrogen-bond donors (Lipinski definition) is 0. The van der Waals surface area contributed by atoms with Crippen molar-refractivity contribution in [1.29, 1.82) is 0 Å². The lowest BCUT2D eigenvalue weighted by atomic mass is 10.2. The van der Waals surface area contributed by atoms with Crippen molar-refractivity contribution in [3.8, 4) is 0 Å². The molecule has 0 saturated carbocycles. The maximum atomic E-state index is 12.9. The average Bonchev–Trinajstić information content (AvgIpc) is 3.25. The number of anilines is 1. The minimum absolute atomic E-state index is 0.0624. The molecule has 1 fully saturated rings. The van der Waals surface area contributed by atoms with E-state index in [4.69, 9.17) is 4.98 Å². The van der Waals surface area contributed by atoms with Crippen molar-refractivity contribution in [2.24, 2.45) is 0 Å². The molecule has 0 amide bonds. The Morgan fingerprint density at radius 3 is 2.83 bits per heavy atom. The fraction of sp³-hybridized carbons (Fsp3) is 0.524. The van der Waals surface area contributed by atoms with E-state index in [1.807, 2.05) is 30.3 Å². The highest BCUT2D eigenvalue weighted by Gasteiger charge is 2.42. The van der Waals surface area contributed by atoms with Gasteiger partial charge in [-0.05, 0) is 25.3 Å². The monoisotopic (exact) mass is 431 g/mol. The maximum Gasteiger partial charge on any atom is 0.218 e. The minimum Gasteiger partial charge on any atom is -0.326 e. The zero-order chi connectivity index (χ0) is 20.0. The van der Waals surface area contributed by atoms with Gasteiger partial charge in [0.25, 0.3) is 0 Å². The minimum atomic E-state index is -3.33. The van der Waals surface area contributed by atoms with E-state index in [1.54, 1.807) is 15.6 Å². The Labute approximate surface area is 176 Å². The van der Waals surface area contributed by atoms with Crippen molar-refractivity contribution >= 4 is 32.7 Å². The predicted octanol–water partition coefficient (Wildman–Crippen LogP) is 2.49. The van der Waals surface area contributed by atoms with Crippen molar-refractivity contribution in [1.82, 2.24) is 9.29 Å². The molecule has 1 aromatic heterocycles. The highest BCUT2D eigenvalue weighted by molar-refractivity contribution is 7.88. The van der Waals surface area contributed by atoms with Crippen LogP contribution in [0.2, 0.25) is 0 Å². The SMILES string of the molecule is CC[N+]1=CC2CCC(C1)N2c1nc2c(s1)CN(S(=O)(=O)Cc1ccccc1)CC2. The van der Waals surface area contributed by atoms with Crippen LogP contribution in [-0.4, -0.2) is 60.2 Å². The van der Waals surface area contributed by atoms with E-state index in [2.05, 4.69) is 22.6 Å². The summed E-state index contributed by atoms with van der Waals surface area (Å²) in [6.45, 7) is 5.31. The average molecular weight is 432 g/mol. The van der Waals surface area contributed by atoms with Crippen LogP contribution in [-0.2, 0) is 28.7 Å². The van der Waals surface area contributed by atoms with Crippen LogP contribution in [0, 0.1) is 0 Å². The molecule has 0 N–H and O–H groups in total. The standard InChI is InChI=1S/C21H27N4O2S2/c1-2-23-12-17-8-9-18(13-23)25(17)21-22-19-10-11-24(14-20(19)28-21)29(26,27)15-16-6-4-3-5-7-16/h3-7,12,17-18H,2,8-11,13-15H2,1H3/q+1. The van der Waals surface area contributed by atoms with Crippen LogP contribution in [0.5, 0.6) is 0 Å². The molecule has 2 bridgehead atoms. The third-order valence-electron chi connectivity index (χ3n) is 6.27. The van der Waals surface area contributed by atoms with Gasteiger partial charge >= 0.3 is 0 Å². The van der Waals surface area contributed by atoms with E-state index in [1.165, 1.54) is 12.8 Å². The number of thiazole rings is 1. The number of likely N-dealkylation sites (N-methyl/N-ethyl adjacent to an activating group) is 1. The fourth-order valence-corrected chi connectivity index (χ4v) is 7.55. The zero-order valence-electron chi connectivity index (χ0n) is 16.7. The van der Waals surface area contributed by atoms with Crippen LogP contribution in [0.3, 0.4) is 0 Å². The summed E-state index contributed by atoms with van der Waals surface area (Å²) in [6, 6.07) is 10.4. The zero-order valence-corrected chi connectivity index (χ0v) is 18.3. The van der Waals surface area contributed by atoms with E-state index < -0.39 is 10.0 Å². The molecule has 154 valence electrons. The highest BCUT2D eigenvalue weighted by Crippen LogP contribution is 2.38. The third-order valence-corrected chi connectivity index (χ3v) is 9.16. The molecule has 0 spiro atoms. The molecule has 3 aliphatic heterocycles. The van der Waals surface area contributed by atoms with Gasteiger partial charge in [0, 0.05) is 24.4 Å². The summed E-state index contributed by atoms with van der Waals surface area (Å²) in [4.78, 5) is 8.55. The second-order valence-electron chi connectivity index (χ2n) is 8.13. The summed E-state index contributed by atoms with van der Waals surface area (Å²) < 4.78 is 30.0. The van der Waals surface area contributed by atoms with Crippen LogP contribution >= 0.6 is 11.3 Å². The molecule has 6 nitrogen and oxygen atoms in total. The van der Waals surface area contributed by atoms with Gasteiger partial charge in [0.1, 0.15) is 12.6 Å². The highest BCUT2D eigenvalue weighted by atomic mass is 32.2. The van der Waals surface area contributed by atoms with Crippen LogP contribution in [0.25, 0.3) is 0 Å². The van der Waals surface area contributed by atoms with Gasteiger partial charge in [-0.3, -0.25) is 0 Å². The summed E-state index contributed by atoms with van der Waals surface area (Å²) in [6.07, 6.45) is 5.46. The number of benzene rings is 1. The van der Waals surface area contributed by atoms with Gasteiger partial charge < -0.3 is 4.90 Å².